The minimum Gasteiger partial charge on any atom is -0.459 e. The Balaban J connectivity index is 2.01. The molecule has 0 spiro atoms. The zero-order valence-electron chi connectivity index (χ0n) is 8.81. The molecule has 1 fully saturated rings. The Morgan fingerprint density at radius 2 is 2.47 bits per heavy atom. The van der Waals surface area contributed by atoms with Crippen molar-refractivity contribution in [3.05, 3.63) is 24.2 Å². The van der Waals surface area contributed by atoms with E-state index in [4.69, 9.17) is 9.15 Å². The molecule has 2 rings (SSSR count). The molecule has 82 valence electrons. The smallest absolute Gasteiger partial charge is 0.289 e. The van der Waals surface area contributed by atoms with Gasteiger partial charge in [-0.1, -0.05) is 0 Å². The monoisotopic (exact) mass is 209 g/mol. The van der Waals surface area contributed by atoms with E-state index in [1.165, 1.54) is 6.26 Å². The van der Waals surface area contributed by atoms with Crippen molar-refractivity contribution in [3.63, 3.8) is 0 Å². The van der Waals surface area contributed by atoms with Crippen molar-refractivity contribution in [3.8, 4) is 0 Å². The lowest BCUT2D eigenvalue weighted by atomic mass is 10.3. The summed E-state index contributed by atoms with van der Waals surface area (Å²) in [4.78, 5) is 13.8. The molecule has 1 aliphatic carbocycles. The van der Waals surface area contributed by atoms with Crippen LogP contribution in [0.3, 0.4) is 0 Å². The van der Waals surface area contributed by atoms with Gasteiger partial charge in [-0.15, -0.1) is 0 Å². The van der Waals surface area contributed by atoms with Crippen LogP contribution in [-0.4, -0.2) is 37.1 Å². The Hall–Kier alpha value is -1.29. The number of ether oxygens (including phenoxy) is 1. The van der Waals surface area contributed by atoms with Crippen LogP contribution in [0.25, 0.3) is 0 Å². The second-order valence-corrected chi connectivity index (χ2v) is 3.70. The van der Waals surface area contributed by atoms with Crippen molar-refractivity contribution in [2.24, 2.45) is 0 Å². The normalized spacial score (nSPS) is 15.3. The number of hydrogen-bond donors (Lipinski definition) is 0. The van der Waals surface area contributed by atoms with E-state index in [2.05, 4.69) is 0 Å². The number of methoxy groups -OCH3 is 1. The number of amides is 1. The van der Waals surface area contributed by atoms with Crippen molar-refractivity contribution in [1.82, 2.24) is 4.90 Å². The first-order valence-corrected chi connectivity index (χ1v) is 5.16. The van der Waals surface area contributed by atoms with E-state index in [-0.39, 0.29) is 5.91 Å². The summed E-state index contributed by atoms with van der Waals surface area (Å²) in [6, 6.07) is 3.82. The maximum atomic E-state index is 12.0. The maximum Gasteiger partial charge on any atom is 0.289 e. The van der Waals surface area contributed by atoms with Crippen LogP contribution in [0.1, 0.15) is 23.4 Å². The van der Waals surface area contributed by atoms with Gasteiger partial charge in [0, 0.05) is 19.7 Å². The fraction of sp³-hybridized carbons (Fsp3) is 0.545. The third-order valence-electron chi connectivity index (χ3n) is 2.52. The van der Waals surface area contributed by atoms with Gasteiger partial charge in [0.2, 0.25) is 0 Å². The molecule has 1 aromatic rings. The van der Waals surface area contributed by atoms with Gasteiger partial charge in [-0.2, -0.15) is 0 Å². The number of rotatable bonds is 5. The molecule has 1 aliphatic rings. The van der Waals surface area contributed by atoms with E-state index < -0.39 is 0 Å². The number of furan rings is 1. The van der Waals surface area contributed by atoms with Gasteiger partial charge in [0.05, 0.1) is 12.9 Å². The molecule has 15 heavy (non-hydrogen) atoms. The van der Waals surface area contributed by atoms with Crippen LogP contribution in [-0.2, 0) is 4.74 Å². The molecule has 1 amide bonds. The maximum absolute atomic E-state index is 12.0. The average molecular weight is 209 g/mol. The largest absolute Gasteiger partial charge is 0.459 e. The lowest BCUT2D eigenvalue weighted by Crippen LogP contribution is -2.35. The summed E-state index contributed by atoms with van der Waals surface area (Å²) in [5, 5.41) is 0. The molecule has 0 aromatic carbocycles. The SMILES string of the molecule is COCCN(C(=O)c1ccco1)C1CC1. The van der Waals surface area contributed by atoms with Crippen LogP contribution in [0.5, 0.6) is 0 Å². The second-order valence-electron chi connectivity index (χ2n) is 3.70. The Labute approximate surface area is 88.8 Å². The van der Waals surface area contributed by atoms with Crippen molar-refractivity contribution in [2.45, 2.75) is 18.9 Å². The topological polar surface area (TPSA) is 42.7 Å². The first-order chi connectivity index (χ1) is 7.33. The lowest BCUT2D eigenvalue weighted by molar-refractivity contribution is 0.0649. The standard InChI is InChI=1S/C11H15NO3/c1-14-8-6-12(9-4-5-9)11(13)10-3-2-7-15-10/h2-3,7,9H,4-6,8H2,1H3. The van der Waals surface area contributed by atoms with Crippen molar-refractivity contribution in [1.29, 1.82) is 0 Å². The van der Waals surface area contributed by atoms with Gasteiger partial charge in [0.25, 0.3) is 5.91 Å². The molecule has 0 aliphatic heterocycles. The first kappa shape index (κ1) is 10.2. The summed E-state index contributed by atoms with van der Waals surface area (Å²) in [5.41, 5.74) is 0. The summed E-state index contributed by atoms with van der Waals surface area (Å²) in [6.07, 6.45) is 3.71. The summed E-state index contributed by atoms with van der Waals surface area (Å²) in [5.74, 6) is 0.387. The quantitative estimate of drug-likeness (QED) is 0.738. The predicted octanol–water partition coefficient (Wildman–Crippen LogP) is 1.53. The Morgan fingerprint density at radius 1 is 1.67 bits per heavy atom. The molecule has 0 N–H and O–H groups in total. The summed E-state index contributed by atoms with van der Waals surface area (Å²) in [6.45, 7) is 1.21. The zero-order chi connectivity index (χ0) is 10.7. The third-order valence-corrected chi connectivity index (χ3v) is 2.52. The molecule has 0 radical (unpaired) electrons. The minimum absolute atomic E-state index is 0.0282. The lowest BCUT2D eigenvalue weighted by Gasteiger charge is -2.20. The molecule has 0 bridgehead atoms. The number of hydrogen-bond acceptors (Lipinski definition) is 3. The molecule has 4 nitrogen and oxygen atoms in total. The van der Waals surface area contributed by atoms with Crippen LogP contribution < -0.4 is 0 Å². The van der Waals surface area contributed by atoms with E-state index in [1.807, 2.05) is 4.90 Å². The van der Waals surface area contributed by atoms with Gasteiger partial charge >= 0.3 is 0 Å². The third kappa shape index (κ3) is 2.39. The van der Waals surface area contributed by atoms with Crippen LogP contribution in [0, 0.1) is 0 Å². The van der Waals surface area contributed by atoms with E-state index in [9.17, 15) is 4.79 Å². The highest BCUT2D eigenvalue weighted by Gasteiger charge is 2.33. The van der Waals surface area contributed by atoms with Crippen LogP contribution >= 0.6 is 0 Å². The Morgan fingerprint density at radius 3 is 3.00 bits per heavy atom. The first-order valence-electron chi connectivity index (χ1n) is 5.16. The van der Waals surface area contributed by atoms with Gasteiger partial charge in [0.1, 0.15) is 0 Å². The van der Waals surface area contributed by atoms with Crippen LogP contribution in [0.4, 0.5) is 0 Å². The van der Waals surface area contributed by atoms with E-state index >= 15 is 0 Å². The number of nitrogens with zero attached hydrogens (tertiary/aromatic N) is 1. The summed E-state index contributed by atoms with van der Waals surface area (Å²) in [7, 11) is 1.64. The average Bonchev–Trinajstić information content (AvgIpc) is 2.94. The van der Waals surface area contributed by atoms with Gasteiger partial charge in [-0.05, 0) is 25.0 Å². The number of carbonyl (C=O) groups excluding carboxylic acids is 1. The van der Waals surface area contributed by atoms with Gasteiger partial charge < -0.3 is 14.1 Å². The van der Waals surface area contributed by atoms with Gasteiger partial charge in [-0.3, -0.25) is 4.79 Å². The van der Waals surface area contributed by atoms with E-state index in [0.29, 0.717) is 25.0 Å². The summed E-state index contributed by atoms with van der Waals surface area (Å²) < 4.78 is 10.1. The molecule has 0 atom stereocenters. The van der Waals surface area contributed by atoms with Gasteiger partial charge in [0.15, 0.2) is 5.76 Å². The molecular weight excluding hydrogens is 194 g/mol. The van der Waals surface area contributed by atoms with Gasteiger partial charge in [-0.25, -0.2) is 0 Å². The van der Waals surface area contributed by atoms with Crippen LogP contribution in [0.15, 0.2) is 22.8 Å². The summed E-state index contributed by atoms with van der Waals surface area (Å²) >= 11 is 0. The number of carbonyl (C=O) groups is 1. The van der Waals surface area contributed by atoms with Crippen molar-refractivity contribution < 1.29 is 13.9 Å². The minimum atomic E-state index is -0.0282. The predicted molar refractivity (Wildman–Crippen MR) is 54.6 cm³/mol. The molecule has 4 heteroatoms. The molecule has 0 unspecified atom stereocenters. The second kappa shape index (κ2) is 4.49. The fourth-order valence-corrected chi connectivity index (χ4v) is 1.57. The Kier molecular flexibility index (Phi) is 3.06. The zero-order valence-corrected chi connectivity index (χ0v) is 8.81. The molecule has 1 saturated carbocycles. The highest BCUT2D eigenvalue weighted by molar-refractivity contribution is 5.91. The van der Waals surface area contributed by atoms with E-state index in [0.717, 1.165) is 12.8 Å². The fourth-order valence-electron chi connectivity index (χ4n) is 1.57. The van der Waals surface area contributed by atoms with Crippen molar-refractivity contribution >= 4 is 5.91 Å². The van der Waals surface area contributed by atoms with Crippen LogP contribution in [0.2, 0.25) is 0 Å². The highest BCUT2D eigenvalue weighted by Crippen LogP contribution is 2.28. The molecule has 1 heterocycles. The molecule has 1 aromatic heterocycles. The Bertz CT molecular complexity index is 317. The van der Waals surface area contributed by atoms with Crippen molar-refractivity contribution in [2.75, 3.05) is 20.3 Å². The molecule has 0 saturated heterocycles. The van der Waals surface area contributed by atoms with E-state index in [1.54, 1.807) is 19.2 Å². The highest BCUT2D eigenvalue weighted by atomic mass is 16.5. The molecular formula is C11H15NO3.